The lowest BCUT2D eigenvalue weighted by molar-refractivity contribution is -0.125. The molecule has 0 aromatic heterocycles. The Balaban J connectivity index is 1.52. The van der Waals surface area contributed by atoms with Crippen LogP contribution in [0.15, 0.2) is 48.5 Å². The van der Waals surface area contributed by atoms with Gasteiger partial charge in [0.05, 0.1) is 24.6 Å². The molecule has 2 N–H and O–H groups in total. The summed E-state index contributed by atoms with van der Waals surface area (Å²) in [6.45, 7) is 0.334. The minimum atomic E-state index is -0.492. The molecule has 1 saturated carbocycles. The number of methoxy groups -OCH3 is 1. The number of hydrogen-bond acceptors (Lipinski definition) is 3. The zero-order valence-electron chi connectivity index (χ0n) is 13.8. The van der Waals surface area contributed by atoms with E-state index in [4.69, 9.17) is 4.74 Å². The van der Waals surface area contributed by atoms with E-state index in [1.807, 2.05) is 24.3 Å². The fourth-order valence-electron chi connectivity index (χ4n) is 2.72. The van der Waals surface area contributed by atoms with Gasteiger partial charge in [-0.25, -0.2) is 4.39 Å². The average Bonchev–Trinajstić information content (AvgIpc) is 3.43. The molecule has 0 heterocycles. The van der Waals surface area contributed by atoms with Crippen LogP contribution in [0.1, 0.15) is 12.0 Å². The Bertz CT molecular complexity index is 794. The van der Waals surface area contributed by atoms with E-state index >= 15 is 0 Å². The smallest absolute Gasteiger partial charge is 0.228 e. The number of carbonyl (C=O) groups excluding carboxylic acids is 2. The Hall–Kier alpha value is -2.89. The van der Waals surface area contributed by atoms with E-state index in [2.05, 4.69) is 10.6 Å². The number of benzene rings is 2. The number of rotatable bonds is 6. The van der Waals surface area contributed by atoms with Crippen molar-refractivity contribution in [2.75, 3.05) is 12.4 Å². The predicted octanol–water partition coefficient (Wildman–Crippen LogP) is 2.73. The van der Waals surface area contributed by atoms with Crippen LogP contribution >= 0.6 is 0 Å². The molecule has 0 bridgehead atoms. The third-order valence-electron chi connectivity index (χ3n) is 4.24. The molecule has 0 aliphatic heterocycles. The summed E-state index contributed by atoms with van der Waals surface area (Å²) >= 11 is 0. The van der Waals surface area contributed by atoms with E-state index in [1.165, 1.54) is 12.1 Å². The second-order valence-electron chi connectivity index (χ2n) is 5.95. The third kappa shape index (κ3) is 3.96. The molecule has 2 unspecified atom stereocenters. The van der Waals surface area contributed by atoms with Crippen LogP contribution in [0.4, 0.5) is 10.1 Å². The van der Waals surface area contributed by atoms with Crippen LogP contribution in [0.2, 0.25) is 0 Å². The standard InChI is InChI=1S/C19H19FN2O3/c1-25-17-9-5-2-6-12(17)11-21-18(23)13-10-14(13)19(24)22-16-8-4-3-7-15(16)20/h2-9,13-14H,10-11H2,1H3,(H,21,23)(H,22,24). The zero-order chi connectivity index (χ0) is 17.8. The largest absolute Gasteiger partial charge is 0.496 e. The first-order valence-corrected chi connectivity index (χ1v) is 8.05. The van der Waals surface area contributed by atoms with Gasteiger partial charge in [-0.2, -0.15) is 0 Å². The molecular formula is C19H19FN2O3. The fourth-order valence-corrected chi connectivity index (χ4v) is 2.72. The molecule has 3 rings (SSSR count). The second-order valence-corrected chi connectivity index (χ2v) is 5.95. The Morgan fingerprint density at radius 1 is 1.08 bits per heavy atom. The van der Waals surface area contributed by atoms with Gasteiger partial charge in [0.15, 0.2) is 0 Å². The van der Waals surface area contributed by atoms with Crippen molar-refractivity contribution in [3.8, 4) is 5.75 Å². The highest BCUT2D eigenvalue weighted by Crippen LogP contribution is 2.39. The van der Waals surface area contributed by atoms with Crippen molar-refractivity contribution >= 4 is 17.5 Å². The van der Waals surface area contributed by atoms with Gasteiger partial charge in [-0.3, -0.25) is 9.59 Å². The number of carbonyl (C=O) groups is 2. The van der Waals surface area contributed by atoms with Gasteiger partial charge in [0.2, 0.25) is 11.8 Å². The minimum absolute atomic E-state index is 0.132. The molecule has 5 nitrogen and oxygen atoms in total. The van der Waals surface area contributed by atoms with E-state index in [0.717, 1.165) is 5.56 Å². The van der Waals surface area contributed by atoms with Gasteiger partial charge < -0.3 is 15.4 Å². The molecular weight excluding hydrogens is 323 g/mol. The van der Waals surface area contributed by atoms with E-state index < -0.39 is 11.7 Å². The van der Waals surface area contributed by atoms with Crippen LogP contribution in [-0.4, -0.2) is 18.9 Å². The first-order chi connectivity index (χ1) is 12.1. The van der Waals surface area contributed by atoms with E-state index in [1.54, 1.807) is 19.2 Å². The Labute approximate surface area is 145 Å². The summed E-state index contributed by atoms with van der Waals surface area (Å²) in [6, 6.07) is 13.4. The van der Waals surface area contributed by atoms with Gasteiger partial charge in [0, 0.05) is 12.1 Å². The van der Waals surface area contributed by atoms with Crippen LogP contribution < -0.4 is 15.4 Å². The maximum absolute atomic E-state index is 13.6. The Kier molecular flexibility index (Phi) is 4.97. The van der Waals surface area contributed by atoms with Crippen LogP contribution in [0.25, 0.3) is 0 Å². The molecule has 0 spiro atoms. The molecule has 0 saturated heterocycles. The van der Waals surface area contributed by atoms with Gasteiger partial charge in [0.1, 0.15) is 11.6 Å². The lowest BCUT2D eigenvalue weighted by Gasteiger charge is -2.09. The van der Waals surface area contributed by atoms with Crippen molar-refractivity contribution < 1.29 is 18.7 Å². The monoisotopic (exact) mass is 342 g/mol. The molecule has 1 aliphatic rings. The molecule has 2 atom stereocenters. The van der Waals surface area contributed by atoms with Gasteiger partial charge in [-0.1, -0.05) is 30.3 Å². The molecule has 2 aromatic rings. The van der Waals surface area contributed by atoms with Crippen molar-refractivity contribution in [3.63, 3.8) is 0 Å². The Morgan fingerprint density at radius 3 is 2.52 bits per heavy atom. The normalized spacial score (nSPS) is 18.3. The van der Waals surface area contributed by atoms with Crippen LogP contribution in [0.3, 0.4) is 0 Å². The highest BCUT2D eigenvalue weighted by atomic mass is 19.1. The van der Waals surface area contributed by atoms with E-state index in [0.29, 0.717) is 18.7 Å². The zero-order valence-corrected chi connectivity index (χ0v) is 13.8. The predicted molar refractivity (Wildman–Crippen MR) is 91.5 cm³/mol. The molecule has 130 valence electrons. The Morgan fingerprint density at radius 2 is 1.76 bits per heavy atom. The second kappa shape index (κ2) is 7.34. The number of anilines is 1. The lowest BCUT2D eigenvalue weighted by atomic mass is 10.2. The minimum Gasteiger partial charge on any atom is -0.496 e. The van der Waals surface area contributed by atoms with Crippen molar-refractivity contribution in [1.29, 1.82) is 0 Å². The molecule has 2 amide bonds. The van der Waals surface area contributed by atoms with Crippen LogP contribution in [0.5, 0.6) is 5.75 Å². The summed E-state index contributed by atoms with van der Waals surface area (Å²) in [6.07, 6.45) is 0.470. The summed E-state index contributed by atoms with van der Waals surface area (Å²) in [7, 11) is 1.57. The molecule has 6 heteroatoms. The molecule has 0 radical (unpaired) electrons. The summed E-state index contributed by atoms with van der Waals surface area (Å²) in [5.74, 6) is -1.10. The number of para-hydroxylation sites is 2. The summed E-state index contributed by atoms with van der Waals surface area (Å²) in [4.78, 5) is 24.3. The maximum atomic E-state index is 13.6. The van der Waals surface area contributed by atoms with Crippen LogP contribution in [-0.2, 0) is 16.1 Å². The number of nitrogens with one attached hydrogen (secondary N) is 2. The van der Waals surface area contributed by atoms with Crippen LogP contribution in [0, 0.1) is 17.7 Å². The molecule has 2 aromatic carbocycles. The molecule has 25 heavy (non-hydrogen) atoms. The maximum Gasteiger partial charge on any atom is 0.228 e. The fraction of sp³-hybridized carbons (Fsp3) is 0.263. The highest BCUT2D eigenvalue weighted by molar-refractivity contribution is 5.99. The summed E-state index contributed by atoms with van der Waals surface area (Å²) < 4.78 is 18.8. The summed E-state index contributed by atoms with van der Waals surface area (Å²) in [5, 5.41) is 5.36. The lowest BCUT2D eigenvalue weighted by Crippen LogP contribution is -2.27. The van der Waals surface area contributed by atoms with E-state index in [9.17, 15) is 14.0 Å². The highest BCUT2D eigenvalue weighted by Gasteiger charge is 2.48. The summed E-state index contributed by atoms with van der Waals surface area (Å²) in [5.41, 5.74) is 0.999. The van der Waals surface area contributed by atoms with Crippen molar-refractivity contribution in [2.45, 2.75) is 13.0 Å². The van der Waals surface area contributed by atoms with Gasteiger partial charge in [0.25, 0.3) is 0 Å². The van der Waals surface area contributed by atoms with Crippen molar-refractivity contribution in [2.24, 2.45) is 11.8 Å². The average molecular weight is 342 g/mol. The number of amides is 2. The van der Waals surface area contributed by atoms with E-state index in [-0.39, 0.29) is 23.4 Å². The first-order valence-electron chi connectivity index (χ1n) is 8.05. The number of hydrogen-bond donors (Lipinski definition) is 2. The molecule has 1 fully saturated rings. The van der Waals surface area contributed by atoms with Gasteiger partial charge in [-0.05, 0) is 24.6 Å². The molecule has 1 aliphatic carbocycles. The first kappa shape index (κ1) is 17.0. The topological polar surface area (TPSA) is 67.4 Å². The van der Waals surface area contributed by atoms with Gasteiger partial charge >= 0.3 is 0 Å². The van der Waals surface area contributed by atoms with Gasteiger partial charge in [-0.15, -0.1) is 0 Å². The number of ether oxygens (including phenoxy) is 1. The van der Waals surface area contributed by atoms with Crippen molar-refractivity contribution in [3.05, 3.63) is 59.9 Å². The van der Waals surface area contributed by atoms with Crippen molar-refractivity contribution in [1.82, 2.24) is 5.32 Å². The third-order valence-corrected chi connectivity index (χ3v) is 4.24. The quantitative estimate of drug-likeness (QED) is 0.848. The SMILES string of the molecule is COc1ccccc1CNC(=O)C1CC1C(=O)Nc1ccccc1F. The number of halogens is 1.